The molecular weight excluding hydrogens is 304 g/mol. The van der Waals surface area contributed by atoms with Gasteiger partial charge in [0.1, 0.15) is 0 Å². The van der Waals surface area contributed by atoms with E-state index in [2.05, 4.69) is 19.2 Å². The second kappa shape index (κ2) is 7.26. The van der Waals surface area contributed by atoms with Gasteiger partial charge in [0.15, 0.2) is 7.05 Å². The highest BCUT2D eigenvalue weighted by Gasteiger charge is 2.44. The number of nitrogens with zero attached hydrogens (tertiary/aromatic N) is 1. The fourth-order valence-electron chi connectivity index (χ4n) is 3.92. The van der Waals surface area contributed by atoms with Crippen LogP contribution in [0.4, 0.5) is 5.88 Å². The minimum absolute atomic E-state index is 0.0202. The van der Waals surface area contributed by atoms with Crippen LogP contribution in [0.1, 0.15) is 71.9 Å². The van der Waals surface area contributed by atoms with Crippen LogP contribution in [0.5, 0.6) is 0 Å². The number of anilines is 1. The molecule has 0 saturated heterocycles. The topological polar surface area (TPSA) is 66.3 Å². The second-order valence-electron chi connectivity index (χ2n) is 8.18. The molecule has 1 saturated carbocycles. The maximum atomic E-state index is 12.6. The smallest absolute Gasteiger partial charge is 0.282 e. The quantitative estimate of drug-likeness (QED) is 0.750. The van der Waals surface area contributed by atoms with E-state index in [1.807, 2.05) is 27.0 Å². The van der Waals surface area contributed by atoms with Crippen molar-refractivity contribution in [3.8, 4) is 0 Å². The summed E-state index contributed by atoms with van der Waals surface area (Å²) >= 11 is 0. The minimum atomic E-state index is -0.441. The predicted molar refractivity (Wildman–Crippen MR) is 93.6 cm³/mol. The van der Waals surface area contributed by atoms with Crippen LogP contribution in [0.2, 0.25) is 0 Å². The largest absolute Gasteiger partial charge is 0.395 e. The number of rotatable bonds is 7. The van der Waals surface area contributed by atoms with E-state index >= 15 is 0 Å². The third kappa shape index (κ3) is 3.82. The average Bonchev–Trinajstić information content (AvgIpc) is 3.14. The zero-order valence-electron chi connectivity index (χ0n) is 15.8. The zero-order chi connectivity index (χ0) is 18.0. The van der Waals surface area contributed by atoms with Crippen LogP contribution in [-0.4, -0.2) is 17.6 Å². The van der Waals surface area contributed by atoms with E-state index in [0.29, 0.717) is 11.8 Å². The molecule has 1 aliphatic carbocycles. The van der Waals surface area contributed by atoms with Gasteiger partial charge in [-0.25, -0.2) is 4.52 Å². The molecule has 1 fully saturated rings. The molecule has 1 aromatic heterocycles. The molecule has 0 aromatic carbocycles. The first kappa shape index (κ1) is 19.0. The number of hydrogen-bond donors (Lipinski definition) is 2. The Morgan fingerprint density at radius 1 is 1.46 bits per heavy atom. The molecule has 5 heteroatoms. The molecule has 0 radical (unpaired) electrons. The lowest BCUT2D eigenvalue weighted by Crippen LogP contribution is -2.41. The summed E-state index contributed by atoms with van der Waals surface area (Å²) < 4.78 is 7.42. The number of aryl methyl sites for hydroxylation is 1. The lowest BCUT2D eigenvalue weighted by atomic mass is 9.81. The number of hydrogen-bond acceptors (Lipinski definition) is 3. The number of carbonyl (C=O) groups excluding carboxylic acids is 1. The molecule has 1 atom stereocenters. The van der Waals surface area contributed by atoms with E-state index in [9.17, 15) is 9.90 Å². The second-order valence-corrected chi connectivity index (χ2v) is 8.18. The lowest BCUT2D eigenvalue weighted by molar-refractivity contribution is -0.850. The Hall–Kier alpha value is -1.36. The van der Waals surface area contributed by atoms with Gasteiger partial charge in [-0.3, -0.25) is 10.1 Å². The Morgan fingerprint density at radius 3 is 2.62 bits per heavy atom. The van der Waals surface area contributed by atoms with Crippen LogP contribution in [0.25, 0.3) is 0 Å². The zero-order valence-corrected chi connectivity index (χ0v) is 15.8. The van der Waals surface area contributed by atoms with Crippen molar-refractivity contribution >= 4 is 11.8 Å². The highest BCUT2D eigenvalue weighted by molar-refractivity contribution is 5.93. The number of nitrogens with one attached hydrogen (secondary N) is 1. The van der Waals surface area contributed by atoms with E-state index < -0.39 is 5.41 Å². The lowest BCUT2D eigenvalue weighted by Gasteiger charge is -2.25. The summed E-state index contributed by atoms with van der Waals surface area (Å²) in [6.07, 6.45) is 6.07. The molecule has 24 heavy (non-hydrogen) atoms. The molecule has 0 bridgehead atoms. The first-order chi connectivity index (χ1) is 11.2. The van der Waals surface area contributed by atoms with Crippen molar-refractivity contribution in [1.82, 2.24) is 0 Å². The Labute approximate surface area is 145 Å². The maximum Gasteiger partial charge on any atom is 0.282 e. The molecular formula is C19H33N2O3+. The van der Waals surface area contributed by atoms with Crippen LogP contribution in [0, 0.1) is 11.3 Å². The molecule has 0 spiro atoms. The van der Waals surface area contributed by atoms with E-state index in [-0.39, 0.29) is 17.9 Å². The summed E-state index contributed by atoms with van der Waals surface area (Å²) in [5, 5.41) is 12.8. The van der Waals surface area contributed by atoms with Crippen molar-refractivity contribution in [1.29, 1.82) is 0 Å². The molecule has 2 N–H and O–H groups in total. The van der Waals surface area contributed by atoms with Gasteiger partial charge in [-0.1, -0.05) is 47.0 Å². The Morgan fingerprint density at radius 2 is 2.08 bits per heavy atom. The average molecular weight is 337 g/mol. The Kier molecular flexibility index (Phi) is 5.74. The van der Waals surface area contributed by atoms with Crippen LogP contribution in [0.15, 0.2) is 10.6 Å². The SMILES string of the molecule is CCC(C)CC(C)(C)C(=O)Nc1cc(C2(CO)CCCC2)[n+](C)o1. The molecule has 0 aliphatic heterocycles. The highest BCUT2D eigenvalue weighted by Crippen LogP contribution is 2.40. The van der Waals surface area contributed by atoms with Crippen LogP contribution in [-0.2, 0) is 17.3 Å². The van der Waals surface area contributed by atoms with Crippen molar-refractivity contribution in [2.75, 3.05) is 11.9 Å². The molecule has 1 amide bonds. The number of carbonyl (C=O) groups is 1. The van der Waals surface area contributed by atoms with Gasteiger partial charge in [0.2, 0.25) is 11.6 Å². The van der Waals surface area contributed by atoms with Gasteiger partial charge < -0.3 is 5.11 Å². The number of aliphatic hydroxyl groups is 1. The molecule has 136 valence electrons. The van der Waals surface area contributed by atoms with E-state index in [1.165, 1.54) is 0 Å². The van der Waals surface area contributed by atoms with E-state index in [1.54, 1.807) is 4.74 Å². The van der Waals surface area contributed by atoms with Gasteiger partial charge in [0.05, 0.1) is 18.1 Å². The van der Waals surface area contributed by atoms with Crippen molar-refractivity contribution in [3.05, 3.63) is 11.8 Å². The number of aromatic nitrogens is 1. The summed E-state index contributed by atoms with van der Waals surface area (Å²) in [4.78, 5) is 12.6. The van der Waals surface area contributed by atoms with Crippen molar-refractivity contribution < 1.29 is 19.2 Å². The van der Waals surface area contributed by atoms with Crippen molar-refractivity contribution in [2.24, 2.45) is 18.4 Å². The number of amides is 1. The molecule has 5 nitrogen and oxygen atoms in total. The Balaban J connectivity index is 2.14. The molecule has 1 aliphatic rings. The standard InChI is InChI=1S/C19H32N2O3/c1-6-14(2)12-18(3,4)17(23)20-16-11-15(21(5)24-16)19(13-22)9-7-8-10-19/h11,14,22H,6-10,12-13H2,1-5H3/p+1. The fourth-order valence-corrected chi connectivity index (χ4v) is 3.92. The molecule has 1 heterocycles. The normalized spacial score (nSPS) is 18.6. The summed E-state index contributed by atoms with van der Waals surface area (Å²) in [7, 11) is 1.84. The monoisotopic (exact) mass is 337 g/mol. The summed E-state index contributed by atoms with van der Waals surface area (Å²) in [6.45, 7) is 8.39. The first-order valence-electron chi connectivity index (χ1n) is 9.17. The summed E-state index contributed by atoms with van der Waals surface area (Å²) in [5.74, 6) is 0.952. The van der Waals surface area contributed by atoms with Crippen molar-refractivity contribution in [3.63, 3.8) is 0 Å². The highest BCUT2D eigenvalue weighted by atomic mass is 16.5. The first-order valence-corrected chi connectivity index (χ1v) is 9.17. The summed E-state index contributed by atoms with van der Waals surface area (Å²) in [6, 6.07) is 1.89. The molecule has 1 unspecified atom stereocenters. The Bertz CT molecular complexity index is 571. The third-order valence-corrected chi connectivity index (χ3v) is 5.66. The van der Waals surface area contributed by atoms with Crippen LogP contribution < -0.4 is 10.1 Å². The van der Waals surface area contributed by atoms with Gasteiger partial charge in [0.25, 0.3) is 5.88 Å². The fraction of sp³-hybridized carbons (Fsp3) is 0.789. The van der Waals surface area contributed by atoms with Crippen molar-refractivity contribution in [2.45, 2.75) is 71.6 Å². The minimum Gasteiger partial charge on any atom is -0.395 e. The van der Waals surface area contributed by atoms with E-state index in [4.69, 9.17) is 4.52 Å². The van der Waals surface area contributed by atoms with Crippen LogP contribution in [0.3, 0.4) is 0 Å². The van der Waals surface area contributed by atoms with Gasteiger partial charge >= 0.3 is 0 Å². The molecule has 1 aromatic rings. The van der Waals surface area contributed by atoms with Crippen LogP contribution >= 0.6 is 0 Å². The van der Waals surface area contributed by atoms with Gasteiger partial charge in [0, 0.05) is 5.41 Å². The molecule has 2 rings (SSSR count). The maximum absolute atomic E-state index is 12.6. The van der Waals surface area contributed by atoms with Gasteiger partial charge in [-0.05, 0) is 29.9 Å². The van der Waals surface area contributed by atoms with Gasteiger partial charge in [-0.2, -0.15) is 0 Å². The number of aliphatic hydroxyl groups excluding tert-OH is 1. The van der Waals surface area contributed by atoms with E-state index in [0.717, 1.165) is 44.2 Å². The van der Waals surface area contributed by atoms with Gasteiger partial charge in [-0.15, -0.1) is 0 Å². The third-order valence-electron chi connectivity index (χ3n) is 5.66. The predicted octanol–water partition coefficient (Wildman–Crippen LogP) is 3.31. The summed E-state index contributed by atoms with van der Waals surface area (Å²) in [5.41, 5.74) is 0.300.